The van der Waals surface area contributed by atoms with Gasteiger partial charge in [-0.3, -0.25) is 4.79 Å². The minimum absolute atomic E-state index is 0.124. The zero-order valence-electron chi connectivity index (χ0n) is 12.4. The van der Waals surface area contributed by atoms with Gasteiger partial charge in [-0.25, -0.2) is 0 Å². The second kappa shape index (κ2) is 6.98. The van der Waals surface area contributed by atoms with Crippen LogP contribution in [0.5, 0.6) is 11.5 Å². The van der Waals surface area contributed by atoms with Crippen molar-refractivity contribution < 1.29 is 9.53 Å². The Labute approximate surface area is 130 Å². The highest BCUT2D eigenvalue weighted by molar-refractivity contribution is 5.77. The normalized spacial score (nSPS) is 13.5. The summed E-state index contributed by atoms with van der Waals surface area (Å²) in [5.74, 6) is 1.74. The molecule has 0 unspecified atom stereocenters. The first-order valence-corrected chi connectivity index (χ1v) is 7.66. The number of hydrogen-bond acceptors (Lipinski definition) is 3. The van der Waals surface area contributed by atoms with Gasteiger partial charge in [0.2, 0.25) is 5.91 Å². The molecular weight excluding hydrogens is 276 g/mol. The minimum Gasteiger partial charge on any atom is -0.457 e. The quantitative estimate of drug-likeness (QED) is 0.821. The summed E-state index contributed by atoms with van der Waals surface area (Å²) in [4.78, 5) is 11.6. The molecule has 4 nitrogen and oxygen atoms in total. The van der Waals surface area contributed by atoms with Gasteiger partial charge in [0.25, 0.3) is 0 Å². The SMILES string of the molecule is O=C(CCNc1ccc(Oc2ccccc2)cc1)NC1CC1. The lowest BCUT2D eigenvalue weighted by atomic mass is 10.3. The van der Waals surface area contributed by atoms with Crippen molar-refractivity contribution in [3.8, 4) is 11.5 Å². The van der Waals surface area contributed by atoms with Crippen LogP contribution < -0.4 is 15.4 Å². The predicted molar refractivity (Wildman–Crippen MR) is 87.2 cm³/mol. The van der Waals surface area contributed by atoms with E-state index < -0.39 is 0 Å². The maximum absolute atomic E-state index is 11.6. The third-order valence-corrected chi connectivity index (χ3v) is 3.46. The molecule has 0 aliphatic heterocycles. The molecule has 1 amide bonds. The highest BCUT2D eigenvalue weighted by atomic mass is 16.5. The molecule has 1 aliphatic carbocycles. The molecule has 2 aromatic rings. The molecular formula is C18H20N2O2. The summed E-state index contributed by atoms with van der Waals surface area (Å²) < 4.78 is 5.73. The Hall–Kier alpha value is -2.49. The van der Waals surface area contributed by atoms with E-state index in [0.717, 1.165) is 30.0 Å². The number of carbonyl (C=O) groups excluding carboxylic acids is 1. The largest absolute Gasteiger partial charge is 0.457 e. The number of anilines is 1. The number of carbonyl (C=O) groups is 1. The maximum atomic E-state index is 11.6. The molecule has 114 valence electrons. The maximum Gasteiger partial charge on any atom is 0.221 e. The highest BCUT2D eigenvalue weighted by Crippen LogP contribution is 2.22. The molecule has 1 fully saturated rings. The zero-order valence-corrected chi connectivity index (χ0v) is 12.4. The fourth-order valence-electron chi connectivity index (χ4n) is 2.11. The van der Waals surface area contributed by atoms with Crippen molar-refractivity contribution in [2.24, 2.45) is 0 Å². The lowest BCUT2D eigenvalue weighted by Gasteiger charge is -2.09. The lowest BCUT2D eigenvalue weighted by molar-refractivity contribution is -0.120. The number of nitrogens with one attached hydrogen (secondary N) is 2. The van der Waals surface area contributed by atoms with Crippen molar-refractivity contribution in [1.29, 1.82) is 0 Å². The van der Waals surface area contributed by atoms with Crippen LogP contribution in [0.25, 0.3) is 0 Å². The van der Waals surface area contributed by atoms with Crippen molar-refractivity contribution in [2.45, 2.75) is 25.3 Å². The molecule has 4 heteroatoms. The first-order valence-electron chi connectivity index (χ1n) is 7.66. The summed E-state index contributed by atoms with van der Waals surface area (Å²) in [5, 5.41) is 6.22. The third-order valence-electron chi connectivity index (χ3n) is 3.46. The van der Waals surface area contributed by atoms with Gasteiger partial charge in [0.1, 0.15) is 11.5 Å². The Morgan fingerprint density at radius 3 is 2.36 bits per heavy atom. The number of para-hydroxylation sites is 1. The molecule has 0 saturated heterocycles. The Balaban J connectivity index is 1.43. The average Bonchev–Trinajstić information content (AvgIpc) is 3.34. The van der Waals surface area contributed by atoms with Crippen LogP contribution in [0, 0.1) is 0 Å². The summed E-state index contributed by atoms with van der Waals surface area (Å²) in [6.07, 6.45) is 2.75. The summed E-state index contributed by atoms with van der Waals surface area (Å²) in [5.41, 5.74) is 0.986. The van der Waals surface area contributed by atoms with Crippen LogP contribution in [0.15, 0.2) is 54.6 Å². The molecule has 1 saturated carbocycles. The van der Waals surface area contributed by atoms with Gasteiger partial charge in [-0.2, -0.15) is 0 Å². The minimum atomic E-state index is 0.124. The molecule has 0 aromatic heterocycles. The molecule has 0 radical (unpaired) electrons. The second-order valence-electron chi connectivity index (χ2n) is 5.46. The Morgan fingerprint density at radius 2 is 1.68 bits per heavy atom. The first-order chi connectivity index (χ1) is 10.8. The van der Waals surface area contributed by atoms with Crippen LogP contribution in [0.1, 0.15) is 19.3 Å². The summed E-state index contributed by atoms with van der Waals surface area (Å²) in [6, 6.07) is 17.9. The van der Waals surface area contributed by atoms with Crippen LogP contribution in [0.2, 0.25) is 0 Å². The van der Waals surface area contributed by atoms with Crippen LogP contribution in [-0.2, 0) is 4.79 Å². The van der Waals surface area contributed by atoms with Crippen molar-refractivity contribution in [3.05, 3.63) is 54.6 Å². The molecule has 0 atom stereocenters. The Bertz CT molecular complexity index is 607. The number of amides is 1. The van der Waals surface area contributed by atoms with E-state index in [0.29, 0.717) is 19.0 Å². The molecule has 0 heterocycles. The monoisotopic (exact) mass is 296 g/mol. The highest BCUT2D eigenvalue weighted by Gasteiger charge is 2.22. The molecule has 2 N–H and O–H groups in total. The Kier molecular flexibility index (Phi) is 4.59. The summed E-state index contributed by atoms with van der Waals surface area (Å²) in [6.45, 7) is 0.636. The van der Waals surface area contributed by atoms with Gasteiger partial charge in [-0.05, 0) is 49.2 Å². The van der Waals surface area contributed by atoms with Gasteiger partial charge in [0, 0.05) is 24.7 Å². The van der Waals surface area contributed by atoms with E-state index in [9.17, 15) is 4.79 Å². The van der Waals surface area contributed by atoms with Crippen LogP contribution in [0.4, 0.5) is 5.69 Å². The fraction of sp³-hybridized carbons (Fsp3) is 0.278. The third kappa shape index (κ3) is 4.52. The number of benzene rings is 2. The van der Waals surface area contributed by atoms with Gasteiger partial charge in [-0.1, -0.05) is 18.2 Å². The average molecular weight is 296 g/mol. The van der Waals surface area contributed by atoms with Gasteiger partial charge in [0.15, 0.2) is 0 Å². The standard InChI is InChI=1S/C18H20N2O2/c21-18(20-15-6-7-15)12-13-19-14-8-10-17(11-9-14)22-16-4-2-1-3-5-16/h1-5,8-11,15,19H,6-7,12-13H2,(H,20,21). The first kappa shape index (κ1) is 14.4. The fourth-order valence-corrected chi connectivity index (χ4v) is 2.11. The number of ether oxygens (including phenoxy) is 1. The van der Waals surface area contributed by atoms with E-state index in [4.69, 9.17) is 4.74 Å². The summed E-state index contributed by atoms with van der Waals surface area (Å²) in [7, 11) is 0. The Morgan fingerprint density at radius 1 is 1.00 bits per heavy atom. The smallest absolute Gasteiger partial charge is 0.221 e. The van der Waals surface area contributed by atoms with Gasteiger partial charge in [0.05, 0.1) is 0 Å². The predicted octanol–water partition coefficient (Wildman–Crippen LogP) is 3.56. The van der Waals surface area contributed by atoms with Crippen molar-refractivity contribution in [1.82, 2.24) is 5.32 Å². The molecule has 1 aliphatic rings. The molecule has 0 bridgehead atoms. The molecule has 22 heavy (non-hydrogen) atoms. The van der Waals surface area contributed by atoms with Gasteiger partial charge in [-0.15, -0.1) is 0 Å². The van der Waals surface area contributed by atoms with Crippen molar-refractivity contribution in [3.63, 3.8) is 0 Å². The molecule has 2 aromatic carbocycles. The van der Waals surface area contributed by atoms with Crippen LogP contribution in [-0.4, -0.2) is 18.5 Å². The van der Waals surface area contributed by atoms with E-state index in [1.165, 1.54) is 0 Å². The molecule has 3 rings (SSSR count). The number of rotatable bonds is 7. The number of hydrogen-bond donors (Lipinski definition) is 2. The van der Waals surface area contributed by atoms with Gasteiger partial charge >= 0.3 is 0 Å². The van der Waals surface area contributed by atoms with E-state index in [1.54, 1.807) is 0 Å². The zero-order chi connectivity index (χ0) is 15.2. The van der Waals surface area contributed by atoms with Crippen molar-refractivity contribution >= 4 is 11.6 Å². The van der Waals surface area contributed by atoms with Crippen LogP contribution >= 0.6 is 0 Å². The second-order valence-corrected chi connectivity index (χ2v) is 5.46. The van der Waals surface area contributed by atoms with E-state index in [-0.39, 0.29) is 5.91 Å². The topological polar surface area (TPSA) is 50.4 Å². The van der Waals surface area contributed by atoms with E-state index in [2.05, 4.69) is 10.6 Å². The van der Waals surface area contributed by atoms with Crippen molar-refractivity contribution in [2.75, 3.05) is 11.9 Å². The van der Waals surface area contributed by atoms with E-state index >= 15 is 0 Å². The van der Waals surface area contributed by atoms with Crippen LogP contribution in [0.3, 0.4) is 0 Å². The van der Waals surface area contributed by atoms with E-state index in [1.807, 2.05) is 54.6 Å². The lowest BCUT2D eigenvalue weighted by Crippen LogP contribution is -2.27. The summed E-state index contributed by atoms with van der Waals surface area (Å²) >= 11 is 0. The van der Waals surface area contributed by atoms with Gasteiger partial charge < -0.3 is 15.4 Å². The molecule has 0 spiro atoms.